The Morgan fingerprint density at radius 2 is 1.41 bits per heavy atom. The zero-order valence-electron chi connectivity index (χ0n) is 19.1. The molecule has 3 aliphatic heterocycles. The van der Waals surface area contributed by atoms with Gasteiger partial charge in [-0.25, -0.2) is 0 Å². The Hall–Kier alpha value is -0.160. The molecule has 4 heteroatoms. The number of hydrogen-bond acceptors (Lipinski definition) is 4. The van der Waals surface area contributed by atoms with Crippen molar-refractivity contribution in [3.8, 4) is 0 Å². The van der Waals surface area contributed by atoms with Crippen molar-refractivity contribution >= 4 is 0 Å². The zero-order chi connectivity index (χ0) is 19.6. The maximum absolute atomic E-state index is 3.34. The third kappa shape index (κ3) is 8.00. The highest BCUT2D eigenvalue weighted by Crippen LogP contribution is 2.30. The number of rotatable bonds is 6. The lowest BCUT2D eigenvalue weighted by Crippen LogP contribution is -2.47. The summed E-state index contributed by atoms with van der Waals surface area (Å²) in [6.07, 6.45) is 8.73. The van der Waals surface area contributed by atoms with Crippen LogP contribution in [0.4, 0.5) is 0 Å². The Balaban J connectivity index is 0.00000126. The van der Waals surface area contributed by atoms with Gasteiger partial charge in [0.2, 0.25) is 0 Å². The van der Waals surface area contributed by atoms with E-state index in [1.54, 1.807) is 0 Å². The van der Waals surface area contributed by atoms with Gasteiger partial charge >= 0.3 is 0 Å². The molecule has 0 bridgehead atoms. The average molecular weight is 381 g/mol. The highest BCUT2D eigenvalue weighted by molar-refractivity contribution is 4.82. The van der Waals surface area contributed by atoms with Gasteiger partial charge in [-0.1, -0.05) is 20.8 Å². The standard InChI is InChI=1S/C21H42N4.C2H6/c1-18-12-21(16-25(14-18)17-22-2)15-24-10-6-20(7-11-24)13-19-4-8-23(3)9-5-19;1-2/h18-22H,4-17H2,1-3H3;1-2H3. The molecule has 4 nitrogen and oxygen atoms in total. The normalized spacial score (nSPS) is 30.1. The van der Waals surface area contributed by atoms with Crippen molar-refractivity contribution in [3.05, 3.63) is 0 Å². The van der Waals surface area contributed by atoms with Crippen molar-refractivity contribution < 1.29 is 0 Å². The Kier molecular flexibility index (Phi) is 10.6. The van der Waals surface area contributed by atoms with Crippen LogP contribution in [-0.2, 0) is 0 Å². The Bertz CT molecular complexity index is 373. The van der Waals surface area contributed by atoms with Crippen molar-refractivity contribution in [1.29, 1.82) is 0 Å². The summed E-state index contributed by atoms with van der Waals surface area (Å²) >= 11 is 0. The fourth-order valence-electron chi connectivity index (χ4n) is 5.62. The van der Waals surface area contributed by atoms with Crippen molar-refractivity contribution in [3.63, 3.8) is 0 Å². The molecule has 3 aliphatic rings. The lowest BCUT2D eigenvalue weighted by atomic mass is 9.82. The lowest BCUT2D eigenvalue weighted by molar-refractivity contribution is 0.0784. The number of nitrogens with one attached hydrogen (secondary N) is 1. The lowest BCUT2D eigenvalue weighted by Gasteiger charge is -2.41. The first-order chi connectivity index (χ1) is 13.1. The quantitative estimate of drug-likeness (QED) is 0.760. The van der Waals surface area contributed by atoms with Crippen LogP contribution in [0.1, 0.15) is 59.3 Å². The van der Waals surface area contributed by atoms with E-state index in [-0.39, 0.29) is 0 Å². The summed E-state index contributed by atoms with van der Waals surface area (Å²) in [7, 11) is 4.35. The molecule has 3 rings (SSSR count). The van der Waals surface area contributed by atoms with Crippen LogP contribution in [0.5, 0.6) is 0 Å². The third-order valence-corrected chi connectivity index (χ3v) is 6.93. The van der Waals surface area contributed by atoms with Crippen LogP contribution in [0.15, 0.2) is 0 Å². The molecule has 3 saturated heterocycles. The fourth-order valence-corrected chi connectivity index (χ4v) is 5.62. The summed E-state index contributed by atoms with van der Waals surface area (Å²) in [5.74, 6) is 3.76. The summed E-state index contributed by atoms with van der Waals surface area (Å²) < 4.78 is 0. The molecular weight excluding hydrogens is 332 g/mol. The van der Waals surface area contributed by atoms with Gasteiger partial charge in [0.1, 0.15) is 0 Å². The van der Waals surface area contributed by atoms with Gasteiger partial charge in [0.05, 0.1) is 0 Å². The topological polar surface area (TPSA) is 21.8 Å². The van der Waals surface area contributed by atoms with Crippen molar-refractivity contribution in [2.24, 2.45) is 23.7 Å². The second-order valence-electron chi connectivity index (χ2n) is 9.48. The largest absolute Gasteiger partial charge is 0.307 e. The number of piperidine rings is 3. The Morgan fingerprint density at radius 3 is 2.00 bits per heavy atom. The van der Waals surface area contributed by atoms with Gasteiger partial charge in [0.25, 0.3) is 0 Å². The van der Waals surface area contributed by atoms with E-state index in [4.69, 9.17) is 0 Å². The second-order valence-corrected chi connectivity index (χ2v) is 9.48. The van der Waals surface area contributed by atoms with E-state index >= 15 is 0 Å². The predicted octanol–water partition coefficient (Wildman–Crippen LogP) is 3.59. The molecule has 2 atom stereocenters. The molecule has 0 aromatic rings. The molecule has 2 unspecified atom stereocenters. The van der Waals surface area contributed by atoms with E-state index in [1.165, 1.54) is 84.3 Å². The number of likely N-dealkylation sites (tertiary alicyclic amines) is 3. The maximum atomic E-state index is 3.34. The summed E-state index contributed by atoms with van der Waals surface area (Å²) in [6, 6.07) is 0. The summed E-state index contributed by atoms with van der Waals surface area (Å²) in [5.41, 5.74) is 0. The molecule has 0 spiro atoms. The molecule has 1 N–H and O–H groups in total. The van der Waals surface area contributed by atoms with Crippen LogP contribution in [-0.4, -0.2) is 81.3 Å². The highest BCUT2D eigenvalue weighted by Gasteiger charge is 2.29. The molecule has 0 radical (unpaired) electrons. The smallest absolute Gasteiger partial charge is 0.0478 e. The summed E-state index contributed by atoms with van der Waals surface area (Å²) in [6.45, 7) is 16.8. The minimum absolute atomic E-state index is 0.856. The van der Waals surface area contributed by atoms with Gasteiger partial charge in [0, 0.05) is 26.3 Å². The van der Waals surface area contributed by atoms with Crippen LogP contribution in [0.2, 0.25) is 0 Å². The molecule has 0 aromatic heterocycles. The van der Waals surface area contributed by atoms with Crippen LogP contribution in [0.3, 0.4) is 0 Å². The van der Waals surface area contributed by atoms with E-state index in [2.05, 4.69) is 41.0 Å². The van der Waals surface area contributed by atoms with E-state index in [0.717, 1.165) is 30.3 Å². The molecule has 0 amide bonds. The SMILES string of the molecule is CC.CNCN1CC(C)CC(CN2CCC(CC3CCN(C)CC3)CC2)C1. The van der Waals surface area contributed by atoms with Crippen molar-refractivity contribution in [2.45, 2.75) is 59.3 Å². The third-order valence-electron chi connectivity index (χ3n) is 6.93. The van der Waals surface area contributed by atoms with Gasteiger partial charge in [-0.05, 0) is 102 Å². The van der Waals surface area contributed by atoms with Crippen LogP contribution in [0.25, 0.3) is 0 Å². The van der Waals surface area contributed by atoms with E-state index in [0.29, 0.717) is 0 Å². The zero-order valence-corrected chi connectivity index (χ0v) is 19.1. The minimum Gasteiger partial charge on any atom is -0.307 e. The first-order valence-corrected chi connectivity index (χ1v) is 11.9. The highest BCUT2D eigenvalue weighted by atomic mass is 15.2. The monoisotopic (exact) mass is 380 g/mol. The van der Waals surface area contributed by atoms with Crippen LogP contribution in [0, 0.1) is 23.7 Å². The van der Waals surface area contributed by atoms with Crippen molar-refractivity contribution in [1.82, 2.24) is 20.0 Å². The fraction of sp³-hybridized carbons (Fsp3) is 1.00. The van der Waals surface area contributed by atoms with Gasteiger partial charge in [-0.3, -0.25) is 4.90 Å². The van der Waals surface area contributed by atoms with Gasteiger partial charge < -0.3 is 15.1 Å². The van der Waals surface area contributed by atoms with E-state index < -0.39 is 0 Å². The number of hydrogen-bond donors (Lipinski definition) is 1. The molecule has 0 saturated carbocycles. The predicted molar refractivity (Wildman–Crippen MR) is 118 cm³/mol. The molecule has 160 valence electrons. The minimum atomic E-state index is 0.856. The van der Waals surface area contributed by atoms with Crippen LogP contribution < -0.4 is 5.32 Å². The van der Waals surface area contributed by atoms with Gasteiger partial charge in [-0.15, -0.1) is 0 Å². The number of nitrogens with zero attached hydrogens (tertiary/aromatic N) is 3. The maximum Gasteiger partial charge on any atom is 0.0478 e. The second kappa shape index (κ2) is 12.4. The van der Waals surface area contributed by atoms with E-state index in [1.807, 2.05) is 13.8 Å². The molecule has 0 aromatic carbocycles. The molecule has 3 heterocycles. The van der Waals surface area contributed by atoms with Crippen LogP contribution >= 0.6 is 0 Å². The average Bonchev–Trinajstić information content (AvgIpc) is 2.67. The summed E-state index contributed by atoms with van der Waals surface area (Å²) in [5, 5.41) is 3.34. The van der Waals surface area contributed by atoms with E-state index in [9.17, 15) is 0 Å². The molecule has 3 fully saturated rings. The molecule has 0 aliphatic carbocycles. The van der Waals surface area contributed by atoms with Gasteiger partial charge in [-0.2, -0.15) is 0 Å². The Morgan fingerprint density at radius 1 is 0.815 bits per heavy atom. The first kappa shape index (κ1) is 23.1. The Labute approximate surface area is 170 Å². The molecule has 27 heavy (non-hydrogen) atoms. The first-order valence-electron chi connectivity index (χ1n) is 11.9. The summed E-state index contributed by atoms with van der Waals surface area (Å²) in [4.78, 5) is 7.90. The van der Waals surface area contributed by atoms with Crippen molar-refractivity contribution in [2.75, 3.05) is 66.6 Å². The molecular formula is C23H48N4. The van der Waals surface area contributed by atoms with Gasteiger partial charge in [0.15, 0.2) is 0 Å².